The number of Topliss-reactive ketones (excluding diaryl/α,β-unsaturated/α-hetero) is 1. The number of rotatable bonds is 4. The molecule has 0 bridgehead atoms. The van der Waals surface area contributed by atoms with Gasteiger partial charge in [0.1, 0.15) is 17.4 Å². The van der Waals surface area contributed by atoms with Crippen LogP contribution in [-0.4, -0.2) is 12.9 Å². The number of nitriles is 1. The average Bonchev–Trinajstić information content (AvgIpc) is 2.56. The van der Waals surface area contributed by atoms with E-state index in [1.165, 1.54) is 0 Å². The van der Waals surface area contributed by atoms with Crippen LogP contribution in [-0.2, 0) is 0 Å². The van der Waals surface area contributed by atoms with Gasteiger partial charge in [0.15, 0.2) is 0 Å². The minimum absolute atomic E-state index is 0.148. The van der Waals surface area contributed by atoms with Crippen molar-refractivity contribution >= 4 is 11.4 Å². The number of carbonyl (C=O) groups excluding carboxylic acids is 1. The molecule has 0 atom stereocenters. The van der Waals surface area contributed by atoms with E-state index in [1.807, 2.05) is 36.4 Å². The Morgan fingerprint density at radius 1 is 1.05 bits per heavy atom. The lowest BCUT2D eigenvalue weighted by Gasteiger charge is -2.07. The van der Waals surface area contributed by atoms with Crippen molar-refractivity contribution in [3.05, 3.63) is 71.3 Å². The number of carbonyl (C=O) groups is 1. The monoisotopic (exact) mass is 277 g/mol. The van der Waals surface area contributed by atoms with E-state index in [4.69, 9.17) is 4.74 Å². The van der Waals surface area contributed by atoms with Gasteiger partial charge in [-0.3, -0.25) is 4.79 Å². The lowest BCUT2D eigenvalue weighted by Crippen LogP contribution is -2.04. The molecule has 0 amide bonds. The third-order valence-corrected chi connectivity index (χ3v) is 3.25. The fraction of sp³-hybridized carbons (Fsp3) is 0.111. The van der Waals surface area contributed by atoms with Gasteiger partial charge in [0.25, 0.3) is 0 Å². The quantitative estimate of drug-likeness (QED) is 0.484. The number of benzene rings is 2. The van der Waals surface area contributed by atoms with Gasteiger partial charge >= 0.3 is 0 Å². The molecule has 0 fully saturated rings. The second-order valence-corrected chi connectivity index (χ2v) is 4.54. The maximum absolute atomic E-state index is 12.4. The van der Waals surface area contributed by atoms with Gasteiger partial charge in [-0.15, -0.1) is 0 Å². The highest BCUT2D eigenvalue weighted by Crippen LogP contribution is 2.24. The second-order valence-electron chi connectivity index (χ2n) is 4.54. The molecule has 104 valence electrons. The van der Waals surface area contributed by atoms with E-state index in [2.05, 4.69) is 0 Å². The molecule has 0 N–H and O–H groups in total. The van der Waals surface area contributed by atoms with Crippen molar-refractivity contribution in [2.75, 3.05) is 7.11 Å². The summed E-state index contributed by atoms with van der Waals surface area (Å²) in [4.78, 5) is 12.4. The van der Waals surface area contributed by atoms with Crippen molar-refractivity contribution in [1.82, 2.24) is 0 Å². The first-order chi connectivity index (χ1) is 10.2. The number of methoxy groups -OCH3 is 1. The summed E-state index contributed by atoms with van der Waals surface area (Å²) in [5, 5.41) is 9.36. The maximum Gasteiger partial charge on any atom is 0.203 e. The van der Waals surface area contributed by atoms with Crippen LogP contribution < -0.4 is 4.74 Å². The minimum Gasteiger partial charge on any atom is -0.497 e. The van der Waals surface area contributed by atoms with Crippen molar-refractivity contribution in [2.24, 2.45) is 0 Å². The zero-order chi connectivity index (χ0) is 15.2. The highest BCUT2D eigenvalue weighted by Gasteiger charge is 2.15. The van der Waals surface area contributed by atoms with Crippen LogP contribution in [0.5, 0.6) is 5.75 Å². The largest absolute Gasteiger partial charge is 0.497 e. The van der Waals surface area contributed by atoms with Crippen LogP contribution in [0.25, 0.3) is 5.57 Å². The second kappa shape index (κ2) is 6.53. The summed E-state index contributed by atoms with van der Waals surface area (Å²) < 4.78 is 5.17. The number of hydrogen-bond donors (Lipinski definition) is 0. The van der Waals surface area contributed by atoms with E-state index in [0.717, 1.165) is 5.56 Å². The third-order valence-electron chi connectivity index (χ3n) is 3.25. The lowest BCUT2D eigenvalue weighted by atomic mass is 9.96. The fourth-order valence-electron chi connectivity index (χ4n) is 2.04. The van der Waals surface area contributed by atoms with E-state index >= 15 is 0 Å². The Labute approximate surface area is 124 Å². The third kappa shape index (κ3) is 3.18. The molecule has 2 aromatic rings. The molecule has 0 aromatic heterocycles. The number of nitrogens with zero attached hydrogens (tertiary/aromatic N) is 1. The van der Waals surface area contributed by atoms with Gasteiger partial charge in [-0.05, 0) is 30.2 Å². The van der Waals surface area contributed by atoms with Gasteiger partial charge < -0.3 is 4.74 Å². The van der Waals surface area contributed by atoms with E-state index in [0.29, 0.717) is 16.9 Å². The van der Waals surface area contributed by atoms with Crippen molar-refractivity contribution in [3.63, 3.8) is 0 Å². The number of ketones is 1. The summed E-state index contributed by atoms with van der Waals surface area (Å²) in [5.41, 5.74) is 2.10. The molecular formula is C18H15NO2. The zero-order valence-corrected chi connectivity index (χ0v) is 12.0. The zero-order valence-electron chi connectivity index (χ0n) is 12.0. The van der Waals surface area contributed by atoms with Crippen LogP contribution in [0, 0.1) is 11.3 Å². The van der Waals surface area contributed by atoms with Crippen LogP contribution in [0.3, 0.4) is 0 Å². The summed E-state index contributed by atoms with van der Waals surface area (Å²) in [6.07, 6.45) is 0. The Balaban J connectivity index is 2.47. The van der Waals surface area contributed by atoms with Crippen LogP contribution >= 0.6 is 0 Å². The number of ether oxygens (including phenoxy) is 1. The molecule has 0 saturated heterocycles. The Kier molecular flexibility index (Phi) is 4.53. The SMILES string of the molecule is COc1cccc(/C(C)=C(/C#N)C(=O)c2ccccc2)c1. The van der Waals surface area contributed by atoms with Crippen molar-refractivity contribution in [2.45, 2.75) is 6.92 Å². The van der Waals surface area contributed by atoms with Gasteiger partial charge in [0, 0.05) is 5.56 Å². The molecular weight excluding hydrogens is 262 g/mol. The summed E-state index contributed by atoms with van der Waals surface area (Å²) in [7, 11) is 1.58. The molecule has 0 saturated carbocycles. The maximum atomic E-state index is 12.4. The molecule has 3 heteroatoms. The van der Waals surface area contributed by atoms with Crippen molar-refractivity contribution in [1.29, 1.82) is 5.26 Å². The van der Waals surface area contributed by atoms with E-state index in [9.17, 15) is 10.1 Å². The van der Waals surface area contributed by atoms with Crippen molar-refractivity contribution < 1.29 is 9.53 Å². The fourth-order valence-corrected chi connectivity index (χ4v) is 2.04. The number of allylic oxidation sites excluding steroid dienone is 2. The Morgan fingerprint density at radius 3 is 2.33 bits per heavy atom. The predicted molar refractivity (Wildman–Crippen MR) is 82.0 cm³/mol. The minimum atomic E-state index is -0.265. The van der Waals surface area contributed by atoms with Gasteiger partial charge in [0.05, 0.1) is 7.11 Å². The summed E-state index contributed by atoms with van der Waals surface area (Å²) in [6.45, 7) is 1.77. The standard InChI is InChI=1S/C18H15NO2/c1-13(15-9-6-10-16(11-15)21-2)17(12-19)18(20)14-7-4-3-5-8-14/h3-11H,1-2H3/b17-13-. The van der Waals surface area contributed by atoms with E-state index < -0.39 is 0 Å². The average molecular weight is 277 g/mol. The Hall–Kier alpha value is -2.86. The van der Waals surface area contributed by atoms with Gasteiger partial charge in [-0.1, -0.05) is 42.5 Å². The molecule has 0 aliphatic rings. The van der Waals surface area contributed by atoms with E-state index in [-0.39, 0.29) is 11.4 Å². The first kappa shape index (κ1) is 14.5. The molecule has 0 spiro atoms. The molecule has 0 aliphatic heterocycles. The molecule has 0 radical (unpaired) electrons. The smallest absolute Gasteiger partial charge is 0.203 e. The van der Waals surface area contributed by atoms with Crippen LogP contribution in [0.1, 0.15) is 22.8 Å². The molecule has 2 aromatic carbocycles. The highest BCUT2D eigenvalue weighted by atomic mass is 16.5. The molecule has 0 heterocycles. The molecule has 2 rings (SSSR count). The van der Waals surface area contributed by atoms with Gasteiger partial charge in [0.2, 0.25) is 5.78 Å². The van der Waals surface area contributed by atoms with E-state index in [1.54, 1.807) is 38.3 Å². The lowest BCUT2D eigenvalue weighted by molar-refractivity contribution is 0.103. The molecule has 21 heavy (non-hydrogen) atoms. The summed E-state index contributed by atoms with van der Waals surface area (Å²) in [6, 6.07) is 18.2. The molecule has 0 aliphatic carbocycles. The normalized spacial score (nSPS) is 11.3. The van der Waals surface area contributed by atoms with Crippen LogP contribution in [0.2, 0.25) is 0 Å². The highest BCUT2D eigenvalue weighted by molar-refractivity contribution is 6.15. The Bertz CT molecular complexity index is 724. The summed E-state index contributed by atoms with van der Waals surface area (Å²) in [5.74, 6) is 0.426. The van der Waals surface area contributed by atoms with Crippen LogP contribution in [0.15, 0.2) is 60.2 Å². The molecule has 0 unspecified atom stereocenters. The summed E-state index contributed by atoms with van der Waals surface area (Å²) >= 11 is 0. The van der Waals surface area contributed by atoms with Crippen molar-refractivity contribution in [3.8, 4) is 11.8 Å². The number of hydrogen-bond acceptors (Lipinski definition) is 3. The first-order valence-electron chi connectivity index (χ1n) is 6.52. The van der Waals surface area contributed by atoms with Gasteiger partial charge in [-0.2, -0.15) is 5.26 Å². The Morgan fingerprint density at radius 2 is 1.71 bits per heavy atom. The van der Waals surface area contributed by atoms with Gasteiger partial charge in [-0.25, -0.2) is 0 Å². The molecule has 3 nitrogen and oxygen atoms in total. The topological polar surface area (TPSA) is 50.1 Å². The van der Waals surface area contributed by atoms with Crippen LogP contribution in [0.4, 0.5) is 0 Å². The predicted octanol–water partition coefficient (Wildman–Crippen LogP) is 3.88. The first-order valence-corrected chi connectivity index (χ1v) is 6.52.